The van der Waals surface area contributed by atoms with Crippen LogP contribution in [0.4, 0.5) is 0 Å². The van der Waals surface area contributed by atoms with Crippen molar-refractivity contribution in [2.24, 2.45) is 13.0 Å². The predicted molar refractivity (Wildman–Crippen MR) is 105 cm³/mol. The van der Waals surface area contributed by atoms with Crippen molar-refractivity contribution >= 4 is 5.91 Å². The summed E-state index contributed by atoms with van der Waals surface area (Å²) >= 11 is 0. The second kappa shape index (κ2) is 7.42. The summed E-state index contributed by atoms with van der Waals surface area (Å²) in [6, 6.07) is 13.6. The predicted octanol–water partition coefficient (Wildman–Crippen LogP) is 3.08. The van der Waals surface area contributed by atoms with Gasteiger partial charge in [-0.1, -0.05) is 18.2 Å². The van der Waals surface area contributed by atoms with Crippen molar-refractivity contribution in [1.29, 1.82) is 0 Å². The molecule has 0 bridgehead atoms. The van der Waals surface area contributed by atoms with Gasteiger partial charge < -0.3 is 10.1 Å². The molecule has 4 rings (SSSR count). The second-order valence-corrected chi connectivity index (χ2v) is 7.12. The molecule has 3 aromatic rings. The monoisotopic (exact) mass is 377 g/mol. The number of carbonyl (C=O) groups is 1. The van der Waals surface area contributed by atoms with Gasteiger partial charge in [-0.3, -0.25) is 9.78 Å². The van der Waals surface area contributed by atoms with Crippen molar-refractivity contribution in [3.05, 3.63) is 59.4 Å². The number of amides is 1. The number of benzene rings is 1. The van der Waals surface area contributed by atoms with Crippen molar-refractivity contribution in [2.75, 3.05) is 7.11 Å². The number of ether oxygens (including phenoxy) is 1. The quantitative estimate of drug-likeness (QED) is 0.714. The van der Waals surface area contributed by atoms with Crippen LogP contribution in [0, 0.1) is 12.8 Å². The molecule has 2 heterocycles. The molecule has 1 amide bonds. The molecule has 0 unspecified atom stereocenters. The Hall–Kier alpha value is -3.22. The van der Waals surface area contributed by atoms with Gasteiger partial charge in [-0.15, -0.1) is 5.10 Å². The Morgan fingerprint density at radius 2 is 2.00 bits per heavy atom. The number of aryl methyl sites for hydroxylation is 2. The van der Waals surface area contributed by atoms with Crippen LogP contribution in [0.2, 0.25) is 0 Å². The van der Waals surface area contributed by atoms with E-state index in [1.807, 2.05) is 37.3 Å². The van der Waals surface area contributed by atoms with Gasteiger partial charge in [0.25, 0.3) is 5.91 Å². The van der Waals surface area contributed by atoms with E-state index in [0.29, 0.717) is 23.3 Å². The smallest absolute Gasteiger partial charge is 0.314 e. The Morgan fingerprint density at radius 3 is 2.68 bits per heavy atom. The molecule has 0 radical (unpaired) electrons. The topological polar surface area (TPSA) is 81.9 Å². The summed E-state index contributed by atoms with van der Waals surface area (Å²) in [6.45, 7) is 1.97. The maximum absolute atomic E-state index is 12.9. The lowest BCUT2D eigenvalue weighted by Crippen LogP contribution is -2.30. The zero-order chi connectivity index (χ0) is 19.7. The van der Waals surface area contributed by atoms with E-state index in [-0.39, 0.29) is 11.9 Å². The van der Waals surface area contributed by atoms with Gasteiger partial charge in [0.05, 0.1) is 18.8 Å². The van der Waals surface area contributed by atoms with Crippen LogP contribution >= 0.6 is 0 Å². The standard InChI is InChI=1S/C21H23N5O2/c1-13-6-4-9-17(22-13)18(14-10-11-14)23-20(27)16-8-5-7-15(12-16)19-24-21(28-3)26(2)25-19/h4-9,12,14,18H,10-11H2,1-3H3,(H,23,27)/t18-/m0/s1. The molecule has 0 spiro atoms. The van der Waals surface area contributed by atoms with E-state index in [1.54, 1.807) is 31.0 Å². The van der Waals surface area contributed by atoms with Crippen LogP contribution in [0.25, 0.3) is 11.4 Å². The highest BCUT2D eigenvalue weighted by Gasteiger charge is 2.34. The van der Waals surface area contributed by atoms with Crippen LogP contribution in [0.1, 0.15) is 40.6 Å². The number of aromatic nitrogens is 4. The first-order valence-corrected chi connectivity index (χ1v) is 9.35. The molecule has 1 aliphatic rings. The highest BCUT2D eigenvalue weighted by Crippen LogP contribution is 2.40. The summed E-state index contributed by atoms with van der Waals surface area (Å²) in [5.41, 5.74) is 3.21. The molecule has 28 heavy (non-hydrogen) atoms. The van der Waals surface area contributed by atoms with E-state index in [0.717, 1.165) is 29.8 Å². The summed E-state index contributed by atoms with van der Waals surface area (Å²) < 4.78 is 6.74. The maximum atomic E-state index is 12.9. The third-order valence-electron chi connectivity index (χ3n) is 4.90. The Labute approximate surface area is 163 Å². The van der Waals surface area contributed by atoms with E-state index in [1.165, 1.54) is 0 Å². The lowest BCUT2D eigenvalue weighted by atomic mass is 10.1. The molecule has 1 aliphatic carbocycles. The molecule has 0 saturated heterocycles. The fraction of sp³-hybridized carbons (Fsp3) is 0.333. The average Bonchev–Trinajstić information content (AvgIpc) is 3.47. The summed E-state index contributed by atoms with van der Waals surface area (Å²) in [5.74, 6) is 0.848. The summed E-state index contributed by atoms with van der Waals surface area (Å²) in [7, 11) is 3.32. The third kappa shape index (κ3) is 3.74. The van der Waals surface area contributed by atoms with E-state index < -0.39 is 0 Å². The molecule has 7 nitrogen and oxygen atoms in total. The Kier molecular flexibility index (Phi) is 4.81. The van der Waals surface area contributed by atoms with Gasteiger partial charge in [0.2, 0.25) is 0 Å². The fourth-order valence-electron chi connectivity index (χ4n) is 3.29. The molecule has 1 aromatic carbocycles. The number of methoxy groups -OCH3 is 1. The largest absolute Gasteiger partial charge is 0.467 e. The lowest BCUT2D eigenvalue weighted by molar-refractivity contribution is 0.0930. The van der Waals surface area contributed by atoms with Gasteiger partial charge in [0, 0.05) is 23.9 Å². The van der Waals surface area contributed by atoms with Gasteiger partial charge in [0.15, 0.2) is 5.82 Å². The number of hydrogen-bond acceptors (Lipinski definition) is 5. The molecule has 1 N–H and O–H groups in total. The van der Waals surface area contributed by atoms with Crippen molar-refractivity contribution in [3.63, 3.8) is 0 Å². The maximum Gasteiger partial charge on any atom is 0.314 e. The zero-order valence-electron chi connectivity index (χ0n) is 16.2. The van der Waals surface area contributed by atoms with Crippen LogP contribution < -0.4 is 10.1 Å². The van der Waals surface area contributed by atoms with Gasteiger partial charge in [-0.2, -0.15) is 4.98 Å². The average molecular weight is 377 g/mol. The summed E-state index contributed by atoms with van der Waals surface area (Å²) in [4.78, 5) is 21.9. The Balaban J connectivity index is 1.57. The minimum absolute atomic E-state index is 0.0656. The fourth-order valence-corrected chi connectivity index (χ4v) is 3.29. The second-order valence-electron chi connectivity index (χ2n) is 7.12. The molecular weight excluding hydrogens is 354 g/mol. The molecular formula is C21H23N5O2. The van der Waals surface area contributed by atoms with E-state index >= 15 is 0 Å². The van der Waals surface area contributed by atoms with Crippen molar-refractivity contribution < 1.29 is 9.53 Å². The number of pyridine rings is 1. The molecule has 144 valence electrons. The molecule has 0 aliphatic heterocycles. The SMILES string of the molecule is COc1nc(-c2cccc(C(=O)N[C@H](c3cccc(C)n3)C3CC3)c2)nn1C. The van der Waals surface area contributed by atoms with E-state index in [9.17, 15) is 4.79 Å². The first-order valence-electron chi connectivity index (χ1n) is 9.35. The van der Waals surface area contributed by atoms with Crippen molar-refractivity contribution in [3.8, 4) is 17.4 Å². The number of nitrogens with zero attached hydrogens (tertiary/aromatic N) is 4. The number of carbonyl (C=O) groups excluding carboxylic acids is 1. The summed E-state index contributed by atoms with van der Waals surface area (Å²) in [6.07, 6.45) is 2.22. The first-order chi connectivity index (χ1) is 13.5. The molecule has 1 atom stereocenters. The minimum Gasteiger partial charge on any atom is -0.467 e. The van der Waals surface area contributed by atoms with E-state index in [2.05, 4.69) is 20.4 Å². The minimum atomic E-state index is -0.120. The molecule has 7 heteroatoms. The molecule has 2 aromatic heterocycles. The van der Waals surface area contributed by atoms with E-state index in [4.69, 9.17) is 4.74 Å². The number of rotatable bonds is 6. The van der Waals surface area contributed by atoms with Gasteiger partial charge in [-0.25, -0.2) is 4.68 Å². The zero-order valence-corrected chi connectivity index (χ0v) is 16.2. The number of hydrogen-bond donors (Lipinski definition) is 1. The van der Waals surface area contributed by atoms with Crippen molar-refractivity contribution in [1.82, 2.24) is 25.1 Å². The molecule has 1 fully saturated rings. The lowest BCUT2D eigenvalue weighted by Gasteiger charge is -2.18. The summed E-state index contributed by atoms with van der Waals surface area (Å²) in [5, 5.41) is 7.52. The van der Waals surface area contributed by atoms with Gasteiger partial charge >= 0.3 is 6.01 Å². The van der Waals surface area contributed by atoms with Gasteiger partial charge in [-0.05, 0) is 49.9 Å². The Morgan fingerprint density at radius 1 is 1.21 bits per heavy atom. The highest BCUT2D eigenvalue weighted by atomic mass is 16.5. The van der Waals surface area contributed by atoms with Crippen LogP contribution in [0.15, 0.2) is 42.5 Å². The first kappa shape index (κ1) is 18.2. The number of nitrogens with one attached hydrogen (secondary N) is 1. The normalized spacial score (nSPS) is 14.5. The molecule has 1 saturated carbocycles. The van der Waals surface area contributed by atoms with Gasteiger partial charge in [0.1, 0.15) is 0 Å². The van der Waals surface area contributed by atoms with Crippen LogP contribution in [0.5, 0.6) is 6.01 Å². The van der Waals surface area contributed by atoms with Crippen molar-refractivity contribution in [2.45, 2.75) is 25.8 Å². The third-order valence-corrected chi connectivity index (χ3v) is 4.90. The van der Waals surface area contributed by atoms with Crippen LogP contribution in [-0.4, -0.2) is 32.8 Å². The van der Waals surface area contributed by atoms with Crippen LogP contribution in [-0.2, 0) is 7.05 Å². The van der Waals surface area contributed by atoms with Crippen LogP contribution in [0.3, 0.4) is 0 Å². The highest BCUT2D eigenvalue weighted by molar-refractivity contribution is 5.95. The Bertz CT molecular complexity index is 1010.